The summed E-state index contributed by atoms with van der Waals surface area (Å²) in [5, 5.41) is 5.39. The highest BCUT2D eigenvalue weighted by Crippen LogP contribution is 2.18. The molecule has 1 aliphatic rings. The zero-order chi connectivity index (χ0) is 16.4. The molecule has 1 heterocycles. The van der Waals surface area contributed by atoms with Gasteiger partial charge in [-0.1, -0.05) is 12.1 Å². The van der Waals surface area contributed by atoms with E-state index in [1.807, 2.05) is 24.3 Å². The Balaban J connectivity index is 1.57. The largest absolute Gasteiger partial charge is 0.352 e. The Bertz CT molecular complexity index is 801. The number of nitrogens with one attached hydrogen (secondary N) is 2. The van der Waals surface area contributed by atoms with Crippen LogP contribution >= 0.6 is 0 Å². The molecule has 0 radical (unpaired) electrons. The Hall–Kier alpha value is -2.57. The van der Waals surface area contributed by atoms with Gasteiger partial charge >= 0.3 is 5.69 Å². The zero-order valence-corrected chi connectivity index (χ0v) is 13.0. The first-order valence-corrected chi connectivity index (χ1v) is 7.76. The van der Waals surface area contributed by atoms with Gasteiger partial charge in [-0.25, -0.2) is 4.79 Å². The van der Waals surface area contributed by atoms with Gasteiger partial charge in [0.15, 0.2) is 0 Å². The first-order chi connectivity index (χ1) is 11.1. The van der Waals surface area contributed by atoms with E-state index in [2.05, 4.69) is 10.6 Å². The lowest BCUT2D eigenvalue weighted by atomic mass is 10.3. The van der Waals surface area contributed by atoms with Crippen molar-refractivity contribution in [2.24, 2.45) is 7.05 Å². The van der Waals surface area contributed by atoms with E-state index >= 15 is 0 Å². The van der Waals surface area contributed by atoms with Crippen LogP contribution in [0.4, 0.5) is 0 Å². The highest BCUT2D eigenvalue weighted by atomic mass is 16.2. The SMILES string of the molecule is Cn1c(=O)n(CCC(=O)NCC(=O)NC2CC2)c2ccccc21. The molecule has 122 valence electrons. The number of amides is 2. The molecule has 7 nitrogen and oxygen atoms in total. The highest BCUT2D eigenvalue weighted by Gasteiger charge is 2.23. The number of carbonyl (C=O) groups is 2. The lowest BCUT2D eigenvalue weighted by molar-refractivity contribution is -0.126. The number of hydrogen-bond donors (Lipinski definition) is 2. The molecule has 0 spiro atoms. The number of imidazole rings is 1. The summed E-state index contributed by atoms with van der Waals surface area (Å²) < 4.78 is 3.15. The molecule has 2 amide bonds. The van der Waals surface area contributed by atoms with Crippen LogP contribution in [0, 0.1) is 0 Å². The second-order valence-electron chi connectivity index (χ2n) is 5.85. The van der Waals surface area contributed by atoms with Crippen molar-refractivity contribution in [3.63, 3.8) is 0 Å². The molecule has 0 atom stereocenters. The topological polar surface area (TPSA) is 85.1 Å². The normalized spacial score (nSPS) is 14.0. The van der Waals surface area contributed by atoms with Gasteiger partial charge in [-0.15, -0.1) is 0 Å². The number of benzene rings is 1. The third-order valence-corrected chi connectivity index (χ3v) is 4.00. The molecule has 0 unspecified atom stereocenters. The van der Waals surface area contributed by atoms with E-state index in [0.29, 0.717) is 0 Å². The Kier molecular flexibility index (Phi) is 4.18. The van der Waals surface area contributed by atoms with E-state index in [1.54, 1.807) is 16.2 Å². The van der Waals surface area contributed by atoms with E-state index in [1.165, 1.54) is 0 Å². The lowest BCUT2D eigenvalue weighted by Gasteiger charge is -2.06. The van der Waals surface area contributed by atoms with Gasteiger partial charge in [0.2, 0.25) is 11.8 Å². The summed E-state index contributed by atoms with van der Waals surface area (Å²) in [6.45, 7) is 0.274. The minimum absolute atomic E-state index is 0.0141. The molecule has 1 saturated carbocycles. The summed E-state index contributed by atoms with van der Waals surface area (Å²) in [7, 11) is 1.71. The summed E-state index contributed by atoms with van der Waals surface area (Å²) in [5.41, 5.74) is 1.49. The standard InChI is InChI=1S/C16H20N4O3/c1-19-12-4-2-3-5-13(12)20(16(19)23)9-8-14(21)17-10-15(22)18-11-6-7-11/h2-5,11H,6-10H2,1H3,(H,17,21)(H,18,22). The summed E-state index contributed by atoms with van der Waals surface area (Å²) in [6, 6.07) is 7.75. The molecule has 2 aromatic rings. The molecule has 0 bridgehead atoms. The average Bonchev–Trinajstić information content (AvgIpc) is 3.32. The fourth-order valence-electron chi connectivity index (χ4n) is 2.57. The van der Waals surface area contributed by atoms with Crippen molar-refractivity contribution in [1.82, 2.24) is 19.8 Å². The van der Waals surface area contributed by atoms with Crippen LogP contribution in [0.5, 0.6) is 0 Å². The Morgan fingerprint density at radius 1 is 1.17 bits per heavy atom. The van der Waals surface area contributed by atoms with Crippen molar-refractivity contribution in [2.45, 2.75) is 31.8 Å². The number of nitrogens with zero attached hydrogens (tertiary/aromatic N) is 2. The van der Waals surface area contributed by atoms with Crippen LogP contribution in [0.3, 0.4) is 0 Å². The monoisotopic (exact) mass is 316 g/mol. The van der Waals surface area contributed by atoms with E-state index in [-0.39, 0.29) is 43.1 Å². The third-order valence-electron chi connectivity index (χ3n) is 4.00. The van der Waals surface area contributed by atoms with E-state index in [9.17, 15) is 14.4 Å². The predicted octanol–water partition coefficient (Wildman–Crippen LogP) is 0.125. The Morgan fingerprint density at radius 2 is 1.87 bits per heavy atom. The predicted molar refractivity (Wildman–Crippen MR) is 86.0 cm³/mol. The van der Waals surface area contributed by atoms with Crippen molar-refractivity contribution in [3.05, 3.63) is 34.7 Å². The van der Waals surface area contributed by atoms with Crippen molar-refractivity contribution in [2.75, 3.05) is 6.54 Å². The molecule has 0 aliphatic heterocycles. The molecule has 3 rings (SSSR count). The van der Waals surface area contributed by atoms with Gasteiger partial charge in [0.05, 0.1) is 17.6 Å². The fraction of sp³-hybridized carbons (Fsp3) is 0.438. The minimum atomic E-state index is -0.240. The number of fused-ring (bicyclic) bond motifs is 1. The number of carbonyl (C=O) groups excluding carboxylic acids is 2. The third kappa shape index (κ3) is 3.44. The smallest absolute Gasteiger partial charge is 0.328 e. The van der Waals surface area contributed by atoms with Crippen LogP contribution in [0.25, 0.3) is 11.0 Å². The van der Waals surface area contributed by atoms with Crippen LogP contribution in [0.15, 0.2) is 29.1 Å². The Morgan fingerprint density at radius 3 is 2.57 bits per heavy atom. The average molecular weight is 316 g/mol. The first kappa shape index (κ1) is 15.3. The fourth-order valence-corrected chi connectivity index (χ4v) is 2.57. The molecule has 1 fully saturated rings. The molecule has 7 heteroatoms. The minimum Gasteiger partial charge on any atom is -0.352 e. The molecule has 1 aromatic carbocycles. The molecular formula is C16H20N4O3. The van der Waals surface area contributed by atoms with Crippen molar-refractivity contribution >= 4 is 22.8 Å². The van der Waals surface area contributed by atoms with Crippen LogP contribution < -0.4 is 16.3 Å². The van der Waals surface area contributed by atoms with Gasteiger partial charge < -0.3 is 10.6 Å². The van der Waals surface area contributed by atoms with Gasteiger partial charge in [0, 0.05) is 26.1 Å². The number of aryl methyl sites for hydroxylation is 2. The number of rotatable bonds is 6. The van der Waals surface area contributed by atoms with E-state index < -0.39 is 0 Å². The quantitative estimate of drug-likeness (QED) is 0.794. The number of para-hydroxylation sites is 2. The molecule has 2 N–H and O–H groups in total. The molecule has 1 aromatic heterocycles. The second-order valence-corrected chi connectivity index (χ2v) is 5.85. The summed E-state index contributed by atoms with van der Waals surface area (Å²) in [5.74, 6) is -0.404. The van der Waals surface area contributed by atoms with Gasteiger partial charge in [-0.3, -0.25) is 18.7 Å². The van der Waals surface area contributed by atoms with Gasteiger partial charge in [-0.2, -0.15) is 0 Å². The number of aromatic nitrogens is 2. The van der Waals surface area contributed by atoms with Gasteiger partial charge in [-0.05, 0) is 25.0 Å². The maximum atomic E-state index is 12.2. The van der Waals surface area contributed by atoms with Crippen LogP contribution in [-0.2, 0) is 23.2 Å². The highest BCUT2D eigenvalue weighted by molar-refractivity contribution is 5.85. The van der Waals surface area contributed by atoms with Crippen LogP contribution in [0.2, 0.25) is 0 Å². The molecular weight excluding hydrogens is 296 g/mol. The summed E-state index contributed by atoms with van der Waals surface area (Å²) >= 11 is 0. The van der Waals surface area contributed by atoms with E-state index in [0.717, 1.165) is 23.9 Å². The zero-order valence-electron chi connectivity index (χ0n) is 13.0. The molecule has 0 saturated heterocycles. The van der Waals surface area contributed by atoms with Crippen molar-refractivity contribution in [1.29, 1.82) is 0 Å². The second kappa shape index (κ2) is 6.28. The maximum absolute atomic E-state index is 12.2. The summed E-state index contributed by atoms with van der Waals surface area (Å²) in [4.78, 5) is 35.6. The summed E-state index contributed by atoms with van der Waals surface area (Å²) in [6.07, 6.45) is 2.19. The van der Waals surface area contributed by atoms with Crippen LogP contribution in [0.1, 0.15) is 19.3 Å². The number of hydrogen-bond acceptors (Lipinski definition) is 3. The maximum Gasteiger partial charge on any atom is 0.328 e. The van der Waals surface area contributed by atoms with Gasteiger partial charge in [0.1, 0.15) is 0 Å². The Labute approximate surface area is 133 Å². The van der Waals surface area contributed by atoms with Crippen molar-refractivity contribution in [3.8, 4) is 0 Å². The lowest BCUT2D eigenvalue weighted by Crippen LogP contribution is -2.38. The van der Waals surface area contributed by atoms with Gasteiger partial charge in [0.25, 0.3) is 0 Å². The molecule has 1 aliphatic carbocycles. The van der Waals surface area contributed by atoms with Crippen molar-refractivity contribution < 1.29 is 9.59 Å². The molecule has 23 heavy (non-hydrogen) atoms. The first-order valence-electron chi connectivity index (χ1n) is 7.76. The van der Waals surface area contributed by atoms with E-state index in [4.69, 9.17) is 0 Å². The van der Waals surface area contributed by atoms with Crippen LogP contribution in [-0.4, -0.2) is 33.5 Å².